The zero-order valence-corrected chi connectivity index (χ0v) is 6.07. The third-order valence-electron chi connectivity index (χ3n) is 1.20. The van der Waals surface area contributed by atoms with E-state index in [9.17, 15) is 0 Å². The highest BCUT2D eigenvalue weighted by Crippen LogP contribution is 1.98. The summed E-state index contributed by atoms with van der Waals surface area (Å²) in [7, 11) is 0. The van der Waals surface area contributed by atoms with Crippen LogP contribution in [-0.4, -0.2) is 4.98 Å². The third-order valence-corrected chi connectivity index (χ3v) is 1.20. The van der Waals surface area contributed by atoms with Gasteiger partial charge in [0.2, 0.25) is 0 Å². The lowest BCUT2D eigenvalue weighted by Crippen LogP contribution is -1.72. The van der Waals surface area contributed by atoms with Crippen molar-refractivity contribution in [2.75, 3.05) is 0 Å². The molecule has 0 aliphatic carbocycles. The summed E-state index contributed by atoms with van der Waals surface area (Å²) in [4.78, 5) is 3.93. The Bertz CT molecular complexity index is 269. The van der Waals surface area contributed by atoms with Crippen LogP contribution in [0.3, 0.4) is 0 Å². The molecule has 1 aromatic rings. The Morgan fingerprint density at radius 1 is 1.64 bits per heavy atom. The van der Waals surface area contributed by atoms with E-state index in [0.29, 0.717) is 6.42 Å². The van der Waals surface area contributed by atoms with Crippen LogP contribution < -0.4 is 0 Å². The molecule has 54 valence electrons. The van der Waals surface area contributed by atoms with E-state index < -0.39 is 0 Å². The van der Waals surface area contributed by atoms with Crippen LogP contribution >= 0.6 is 0 Å². The second kappa shape index (κ2) is 4.24. The van der Waals surface area contributed by atoms with Gasteiger partial charge in [-0.05, 0) is 11.6 Å². The van der Waals surface area contributed by atoms with Crippen LogP contribution in [0.1, 0.15) is 12.0 Å². The van der Waals surface area contributed by atoms with Crippen LogP contribution in [0.25, 0.3) is 6.08 Å². The molecule has 11 heavy (non-hydrogen) atoms. The van der Waals surface area contributed by atoms with Crippen LogP contribution in [-0.2, 0) is 0 Å². The Labute approximate surface area is 65.8 Å². The molecular weight excluding hydrogens is 136 g/mol. The fourth-order valence-electron chi connectivity index (χ4n) is 0.722. The van der Waals surface area contributed by atoms with Crippen molar-refractivity contribution >= 4 is 6.08 Å². The van der Waals surface area contributed by atoms with Gasteiger partial charge in [-0.25, -0.2) is 0 Å². The number of hydrogen-bond donors (Lipinski definition) is 0. The number of aromatic nitrogens is 1. The molecule has 2 heteroatoms. The van der Waals surface area contributed by atoms with E-state index in [4.69, 9.17) is 5.26 Å². The SMILES string of the molecule is N#CC/C=C/c1cccnc1. The number of nitriles is 1. The van der Waals surface area contributed by atoms with E-state index in [1.165, 1.54) is 0 Å². The van der Waals surface area contributed by atoms with Gasteiger partial charge in [0.25, 0.3) is 0 Å². The predicted molar refractivity (Wildman–Crippen MR) is 43.5 cm³/mol. The summed E-state index contributed by atoms with van der Waals surface area (Å²) >= 11 is 0. The molecule has 0 spiro atoms. The zero-order valence-electron chi connectivity index (χ0n) is 6.07. The summed E-state index contributed by atoms with van der Waals surface area (Å²) in [6.45, 7) is 0. The molecule has 1 rings (SSSR count). The van der Waals surface area contributed by atoms with Gasteiger partial charge in [0, 0.05) is 12.4 Å². The lowest BCUT2D eigenvalue weighted by atomic mass is 10.2. The molecule has 0 fully saturated rings. The average Bonchev–Trinajstić information content (AvgIpc) is 2.07. The Kier molecular flexibility index (Phi) is 2.88. The van der Waals surface area contributed by atoms with E-state index in [1.54, 1.807) is 12.4 Å². The van der Waals surface area contributed by atoms with Crippen LogP contribution in [0, 0.1) is 11.3 Å². The summed E-state index contributed by atoms with van der Waals surface area (Å²) in [6, 6.07) is 5.84. The summed E-state index contributed by atoms with van der Waals surface area (Å²) in [6.07, 6.45) is 7.64. The minimum Gasteiger partial charge on any atom is -0.264 e. The van der Waals surface area contributed by atoms with E-state index >= 15 is 0 Å². The lowest BCUT2D eigenvalue weighted by molar-refractivity contribution is 1.31. The number of hydrogen-bond acceptors (Lipinski definition) is 2. The summed E-state index contributed by atoms with van der Waals surface area (Å²) in [5, 5.41) is 8.23. The van der Waals surface area contributed by atoms with Crippen molar-refractivity contribution in [1.82, 2.24) is 4.98 Å². The molecule has 1 heterocycles. The molecule has 1 aromatic heterocycles. The molecule has 0 aliphatic heterocycles. The second-order valence-electron chi connectivity index (χ2n) is 2.05. The summed E-state index contributed by atoms with van der Waals surface area (Å²) < 4.78 is 0. The highest BCUT2D eigenvalue weighted by atomic mass is 14.6. The fourth-order valence-corrected chi connectivity index (χ4v) is 0.722. The van der Waals surface area contributed by atoms with Crippen LogP contribution in [0.5, 0.6) is 0 Å². The smallest absolute Gasteiger partial charge is 0.0663 e. The highest BCUT2D eigenvalue weighted by Gasteiger charge is 1.81. The molecule has 0 amide bonds. The normalized spacial score (nSPS) is 9.73. The maximum atomic E-state index is 8.23. The van der Waals surface area contributed by atoms with Gasteiger partial charge in [-0.3, -0.25) is 4.98 Å². The molecule has 0 aromatic carbocycles. The van der Waals surface area contributed by atoms with Crippen molar-refractivity contribution in [3.63, 3.8) is 0 Å². The molecule has 0 saturated carbocycles. The predicted octanol–water partition coefficient (Wildman–Crippen LogP) is 2.01. The van der Waals surface area contributed by atoms with Crippen LogP contribution in [0.2, 0.25) is 0 Å². The maximum Gasteiger partial charge on any atom is 0.0663 e. The fraction of sp³-hybridized carbons (Fsp3) is 0.111. The zero-order chi connectivity index (χ0) is 7.94. The molecule has 0 aliphatic rings. The molecule has 0 radical (unpaired) electrons. The van der Waals surface area contributed by atoms with E-state index in [-0.39, 0.29) is 0 Å². The first-order valence-electron chi connectivity index (χ1n) is 3.37. The van der Waals surface area contributed by atoms with Crippen molar-refractivity contribution in [2.24, 2.45) is 0 Å². The van der Waals surface area contributed by atoms with Gasteiger partial charge in [-0.15, -0.1) is 0 Å². The quantitative estimate of drug-likeness (QED) is 0.636. The van der Waals surface area contributed by atoms with E-state index in [0.717, 1.165) is 5.56 Å². The molecule has 2 nitrogen and oxygen atoms in total. The van der Waals surface area contributed by atoms with Gasteiger partial charge in [0.1, 0.15) is 0 Å². The average molecular weight is 144 g/mol. The minimum atomic E-state index is 0.453. The van der Waals surface area contributed by atoms with Crippen LogP contribution in [0.15, 0.2) is 30.6 Å². The van der Waals surface area contributed by atoms with Gasteiger partial charge in [-0.2, -0.15) is 5.26 Å². The molecule has 0 unspecified atom stereocenters. The first-order valence-corrected chi connectivity index (χ1v) is 3.37. The van der Waals surface area contributed by atoms with Gasteiger partial charge >= 0.3 is 0 Å². The first-order chi connectivity index (χ1) is 5.43. The maximum absolute atomic E-state index is 8.23. The summed E-state index contributed by atoms with van der Waals surface area (Å²) in [5.74, 6) is 0. The Morgan fingerprint density at radius 2 is 2.55 bits per heavy atom. The topological polar surface area (TPSA) is 36.7 Å². The molecule has 0 atom stereocenters. The first kappa shape index (κ1) is 7.49. The van der Waals surface area contributed by atoms with Crippen molar-refractivity contribution in [2.45, 2.75) is 6.42 Å². The number of rotatable bonds is 2. The van der Waals surface area contributed by atoms with Gasteiger partial charge < -0.3 is 0 Å². The Morgan fingerprint density at radius 3 is 3.18 bits per heavy atom. The summed E-state index contributed by atoms with van der Waals surface area (Å²) in [5.41, 5.74) is 1.03. The molecular formula is C9H8N2. The largest absolute Gasteiger partial charge is 0.264 e. The standard InChI is InChI=1S/C9H8N2/c10-6-2-1-4-9-5-3-7-11-8-9/h1,3-5,7-8H,2H2/b4-1+. The highest BCUT2D eigenvalue weighted by molar-refractivity contribution is 5.47. The van der Waals surface area contributed by atoms with Gasteiger partial charge in [-0.1, -0.05) is 18.2 Å². The Hall–Kier alpha value is -1.62. The second-order valence-corrected chi connectivity index (χ2v) is 2.05. The van der Waals surface area contributed by atoms with Crippen LogP contribution in [0.4, 0.5) is 0 Å². The number of pyridine rings is 1. The van der Waals surface area contributed by atoms with Crippen molar-refractivity contribution in [3.8, 4) is 6.07 Å². The van der Waals surface area contributed by atoms with E-state index in [2.05, 4.69) is 4.98 Å². The molecule has 0 saturated heterocycles. The lowest BCUT2D eigenvalue weighted by Gasteiger charge is -1.87. The number of allylic oxidation sites excluding steroid dienone is 1. The van der Waals surface area contributed by atoms with Crippen molar-refractivity contribution < 1.29 is 0 Å². The monoisotopic (exact) mass is 144 g/mol. The van der Waals surface area contributed by atoms with Crippen molar-refractivity contribution in [3.05, 3.63) is 36.2 Å². The molecule has 0 N–H and O–H groups in total. The van der Waals surface area contributed by atoms with E-state index in [1.807, 2.05) is 30.4 Å². The number of nitrogens with zero attached hydrogens (tertiary/aromatic N) is 2. The Balaban J connectivity index is 2.59. The van der Waals surface area contributed by atoms with Crippen molar-refractivity contribution in [1.29, 1.82) is 5.26 Å². The third kappa shape index (κ3) is 2.63. The molecule has 0 bridgehead atoms. The minimum absolute atomic E-state index is 0.453. The van der Waals surface area contributed by atoms with Gasteiger partial charge in [0.05, 0.1) is 12.5 Å². The van der Waals surface area contributed by atoms with Gasteiger partial charge in [0.15, 0.2) is 0 Å².